The summed E-state index contributed by atoms with van der Waals surface area (Å²) in [4.78, 5) is 21.7. The van der Waals surface area contributed by atoms with Crippen molar-refractivity contribution in [1.29, 1.82) is 0 Å². The summed E-state index contributed by atoms with van der Waals surface area (Å²) in [5, 5.41) is 12.9. The number of nitro groups is 1. The lowest BCUT2D eigenvalue weighted by Crippen LogP contribution is -2.31. The third-order valence-electron chi connectivity index (χ3n) is 2.56. The molecule has 9 heteroatoms. The number of anilines is 1. The molecule has 1 rings (SSSR count). The molecule has 1 amide bonds. The summed E-state index contributed by atoms with van der Waals surface area (Å²) in [6, 6.07) is 3.81. The standard InChI is InChI=1S/C12H13F3N2O4/c1-7-3-4-9(17(19)20)5-10(7)16-11(18)8(2)21-6-12(13,14)15/h3-5,8H,6H2,1-2H3,(H,16,18). The Morgan fingerprint density at radius 3 is 2.62 bits per heavy atom. The maximum atomic E-state index is 12.0. The molecule has 0 heterocycles. The Bertz CT molecular complexity index is 546. The van der Waals surface area contributed by atoms with Crippen LogP contribution in [0.3, 0.4) is 0 Å². The number of nitro benzene ring substituents is 1. The van der Waals surface area contributed by atoms with Gasteiger partial charge in [0.1, 0.15) is 12.7 Å². The van der Waals surface area contributed by atoms with Gasteiger partial charge in [0.2, 0.25) is 0 Å². The van der Waals surface area contributed by atoms with Crippen LogP contribution in [0.2, 0.25) is 0 Å². The number of carbonyl (C=O) groups is 1. The van der Waals surface area contributed by atoms with Crippen molar-refractivity contribution in [3.8, 4) is 0 Å². The third-order valence-corrected chi connectivity index (χ3v) is 2.56. The molecule has 1 unspecified atom stereocenters. The number of alkyl halides is 3. The highest BCUT2D eigenvalue weighted by Gasteiger charge is 2.30. The first-order valence-corrected chi connectivity index (χ1v) is 5.84. The summed E-state index contributed by atoms with van der Waals surface area (Å²) in [6.07, 6.45) is -5.87. The minimum Gasteiger partial charge on any atom is -0.359 e. The number of benzene rings is 1. The number of rotatable bonds is 5. The molecule has 1 aromatic rings. The summed E-state index contributed by atoms with van der Waals surface area (Å²) in [5.74, 6) is -0.817. The van der Waals surface area contributed by atoms with Crippen molar-refractivity contribution in [2.45, 2.75) is 26.1 Å². The number of nitrogens with zero attached hydrogens (tertiary/aromatic N) is 1. The number of halogens is 3. The van der Waals surface area contributed by atoms with Gasteiger partial charge in [-0.05, 0) is 19.4 Å². The van der Waals surface area contributed by atoms with Gasteiger partial charge in [0.05, 0.1) is 10.6 Å². The second kappa shape index (κ2) is 6.53. The number of nitrogens with one attached hydrogen (secondary N) is 1. The zero-order valence-electron chi connectivity index (χ0n) is 11.2. The number of amides is 1. The summed E-state index contributed by atoms with van der Waals surface area (Å²) in [6.45, 7) is 1.21. The van der Waals surface area contributed by atoms with Gasteiger partial charge in [-0.2, -0.15) is 13.2 Å². The third kappa shape index (κ3) is 5.38. The number of carbonyl (C=O) groups excluding carboxylic acids is 1. The molecule has 0 aliphatic rings. The van der Waals surface area contributed by atoms with E-state index in [1.54, 1.807) is 6.92 Å². The van der Waals surface area contributed by atoms with Crippen LogP contribution in [0.25, 0.3) is 0 Å². The predicted octanol–water partition coefficient (Wildman–Crippen LogP) is 2.81. The number of aryl methyl sites for hydroxylation is 1. The van der Waals surface area contributed by atoms with Gasteiger partial charge < -0.3 is 10.1 Å². The Labute approximate surface area is 118 Å². The van der Waals surface area contributed by atoms with Gasteiger partial charge in [-0.1, -0.05) is 6.07 Å². The van der Waals surface area contributed by atoms with Crippen LogP contribution in [-0.4, -0.2) is 29.7 Å². The summed E-state index contributed by atoms with van der Waals surface area (Å²) in [7, 11) is 0. The van der Waals surface area contributed by atoms with E-state index < -0.39 is 29.7 Å². The van der Waals surface area contributed by atoms with Gasteiger partial charge >= 0.3 is 6.18 Å². The second-order valence-corrected chi connectivity index (χ2v) is 4.31. The number of hydrogen-bond acceptors (Lipinski definition) is 4. The van der Waals surface area contributed by atoms with Crippen LogP contribution in [0, 0.1) is 17.0 Å². The lowest BCUT2D eigenvalue weighted by atomic mass is 10.1. The van der Waals surface area contributed by atoms with Crippen LogP contribution in [-0.2, 0) is 9.53 Å². The van der Waals surface area contributed by atoms with Crippen molar-refractivity contribution >= 4 is 17.3 Å². The van der Waals surface area contributed by atoms with E-state index in [-0.39, 0.29) is 11.4 Å². The molecule has 0 saturated heterocycles. The molecule has 0 fully saturated rings. The quantitative estimate of drug-likeness (QED) is 0.670. The molecule has 6 nitrogen and oxygen atoms in total. The highest BCUT2D eigenvalue weighted by molar-refractivity contribution is 5.94. The van der Waals surface area contributed by atoms with E-state index in [1.807, 2.05) is 0 Å². The Morgan fingerprint density at radius 2 is 2.10 bits per heavy atom. The molecule has 0 aliphatic heterocycles. The molecule has 0 aromatic heterocycles. The number of ether oxygens (including phenoxy) is 1. The van der Waals surface area contributed by atoms with E-state index in [2.05, 4.69) is 10.1 Å². The average molecular weight is 306 g/mol. The van der Waals surface area contributed by atoms with E-state index in [9.17, 15) is 28.1 Å². The molecule has 1 aromatic carbocycles. The molecule has 0 aliphatic carbocycles. The van der Waals surface area contributed by atoms with Crippen molar-refractivity contribution in [3.63, 3.8) is 0 Å². The van der Waals surface area contributed by atoms with E-state index in [4.69, 9.17) is 0 Å². The molecule has 1 atom stereocenters. The van der Waals surface area contributed by atoms with Gasteiger partial charge in [0.25, 0.3) is 11.6 Å². The van der Waals surface area contributed by atoms with Crippen LogP contribution in [0.4, 0.5) is 24.5 Å². The molecule has 0 saturated carbocycles. The first-order chi connectivity index (χ1) is 9.60. The molecule has 21 heavy (non-hydrogen) atoms. The minimum absolute atomic E-state index is 0.150. The lowest BCUT2D eigenvalue weighted by Gasteiger charge is -2.15. The Kier molecular flexibility index (Phi) is 5.25. The van der Waals surface area contributed by atoms with Gasteiger partial charge in [0.15, 0.2) is 0 Å². The highest BCUT2D eigenvalue weighted by Crippen LogP contribution is 2.22. The largest absolute Gasteiger partial charge is 0.411 e. The smallest absolute Gasteiger partial charge is 0.359 e. The topological polar surface area (TPSA) is 81.5 Å². The predicted molar refractivity (Wildman–Crippen MR) is 67.9 cm³/mol. The molecule has 0 spiro atoms. The fraction of sp³-hybridized carbons (Fsp3) is 0.417. The summed E-state index contributed by atoms with van der Waals surface area (Å²) < 4.78 is 40.3. The number of non-ortho nitro benzene ring substituents is 1. The van der Waals surface area contributed by atoms with Gasteiger partial charge in [-0.25, -0.2) is 0 Å². The average Bonchev–Trinajstić information content (AvgIpc) is 2.37. The Balaban J connectivity index is 2.74. The van der Waals surface area contributed by atoms with Gasteiger partial charge in [0, 0.05) is 12.1 Å². The fourth-order valence-corrected chi connectivity index (χ4v) is 1.39. The van der Waals surface area contributed by atoms with Gasteiger partial charge in [-0.3, -0.25) is 14.9 Å². The fourth-order valence-electron chi connectivity index (χ4n) is 1.39. The SMILES string of the molecule is Cc1ccc([N+](=O)[O-])cc1NC(=O)C(C)OCC(F)(F)F. The maximum absolute atomic E-state index is 12.0. The first-order valence-electron chi connectivity index (χ1n) is 5.84. The summed E-state index contributed by atoms with van der Waals surface area (Å²) in [5.41, 5.74) is 0.452. The molecule has 0 bridgehead atoms. The van der Waals surface area contributed by atoms with Crippen LogP contribution in [0.15, 0.2) is 18.2 Å². The van der Waals surface area contributed by atoms with Crippen LogP contribution in [0.5, 0.6) is 0 Å². The van der Waals surface area contributed by atoms with Crippen molar-refractivity contribution < 1.29 is 27.6 Å². The zero-order valence-corrected chi connectivity index (χ0v) is 11.2. The van der Waals surface area contributed by atoms with Crippen molar-refractivity contribution in [1.82, 2.24) is 0 Å². The maximum Gasteiger partial charge on any atom is 0.411 e. The monoisotopic (exact) mass is 306 g/mol. The van der Waals surface area contributed by atoms with Crippen LogP contribution in [0.1, 0.15) is 12.5 Å². The Morgan fingerprint density at radius 1 is 1.48 bits per heavy atom. The van der Waals surface area contributed by atoms with Gasteiger partial charge in [-0.15, -0.1) is 0 Å². The molecular formula is C12H13F3N2O4. The molecule has 0 radical (unpaired) electrons. The molecule has 1 N–H and O–H groups in total. The molecule has 116 valence electrons. The van der Waals surface area contributed by atoms with Crippen LogP contribution < -0.4 is 5.32 Å². The highest BCUT2D eigenvalue weighted by atomic mass is 19.4. The second-order valence-electron chi connectivity index (χ2n) is 4.31. The van der Waals surface area contributed by atoms with E-state index in [0.29, 0.717) is 5.56 Å². The minimum atomic E-state index is -4.53. The van der Waals surface area contributed by atoms with Crippen molar-refractivity contribution in [2.75, 3.05) is 11.9 Å². The normalized spacial score (nSPS) is 12.8. The van der Waals surface area contributed by atoms with Crippen molar-refractivity contribution in [3.05, 3.63) is 33.9 Å². The number of hydrogen-bond donors (Lipinski definition) is 1. The lowest BCUT2D eigenvalue weighted by molar-refractivity contribution is -0.384. The Hall–Kier alpha value is -2.16. The molecular weight excluding hydrogens is 293 g/mol. The zero-order chi connectivity index (χ0) is 16.2. The van der Waals surface area contributed by atoms with E-state index >= 15 is 0 Å². The first kappa shape index (κ1) is 16.9. The summed E-state index contributed by atoms with van der Waals surface area (Å²) >= 11 is 0. The van der Waals surface area contributed by atoms with Crippen LogP contribution >= 0.6 is 0 Å². The van der Waals surface area contributed by atoms with E-state index in [1.165, 1.54) is 12.1 Å². The van der Waals surface area contributed by atoms with Crippen molar-refractivity contribution in [2.24, 2.45) is 0 Å². The van der Waals surface area contributed by atoms with E-state index in [0.717, 1.165) is 13.0 Å².